The summed E-state index contributed by atoms with van der Waals surface area (Å²) in [6.07, 6.45) is 2.26. The van der Waals surface area contributed by atoms with E-state index < -0.39 is 12.1 Å². The molecule has 0 aromatic carbocycles. The van der Waals surface area contributed by atoms with Gasteiger partial charge in [-0.05, 0) is 48.3 Å². The Morgan fingerprint density at radius 3 is 2.69 bits per heavy atom. The molecule has 0 aliphatic carbocycles. The van der Waals surface area contributed by atoms with Gasteiger partial charge in [0, 0.05) is 31.1 Å². The number of nitrogens with zero attached hydrogens (tertiary/aromatic N) is 3. The van der Waals surface area contributed by atoms with Gasteiger partial charge in [-0.3, -0.25) is 4.79 Å². The van der Waals surface area contributed by atoms with Crippen molar-refractivity contribution in [2.45, 2.75) is 31.8 Å². The maximum atomic E-state index is 12.8. The number of hydrogen-bond acceptors (Lipinski definition) is 6. The Labute approximate surface area is 173 Å². The number of carboxylic acid groups (broad SMARTS) is 1. The summed E-state index contributed by atoms with van der Waals surface area (Å²) in [7, 11) is 0. The molecule has 29 heavy (non-hydrogen) atoms. The van der Waals surface area contributed by atoms with E-state index in [1.54, 1.807) is 17.4 Å². The van der Waals surface area contributed by atoms with Gasteiger partial charge in [0.15, 0.2) is 5.69 Å². The molecule has 2 N–H and O–H groups in total. The van der Waals surface area contributed by atoms with E-state index in [9.17, 15) is 14.7 Å². The average Bonchev–Trinajstić information content (AvgIpc) is 3.21. The zero-order valence-corrected chi connectivity index (χ0v) is 17.0. The van der Waals surface area contributed by atoms with Crippen molar-refractivity contribution in [1.29, 1.82) is 0 Å². The summed E-state index contributed by atoms with van der Waals surface area (Å²) in [5, 5.41) is 21.6. The predicted octanol–water partition coefficient (Wildman–Crippen LogP) is 2.26. The number of β-amino-alcohol motifs (C(OH)–C–C–N with tert-alkyl or cyclic N) is 1. The van der Waals surface area contributed by atoms with E-state index in [-0.39, 0.29) is 17.0 Å². The number of aliphatic hydroxyl groups is 1. The van der Waals surface area contributed by atoms with E-state index in [1.165, 1.54) is 6.07 Å². The summed E-state index contributed by atoms with van der Waals surface area (Å²) in [5.74, 6) is -0.291. The van der Waals surface area contributed by atoms with E-state index in [1.807, 2.05) is 28.5 Å². The molecule has 0 radical (unpaired) electrons. The van der Waals surface area contributed by atoms with Crippen LogP contribution in [0.4, 0.5) is 5.82 Å². The van der Waals surface area contributed by atoms with Crippen molar-refractivity contribution in [3.05, 3.63) is 46.3 Å². The monoisotopic (exact) mass is 415 g/mol. The number of piperidine rings is 2. The van der Waals surface area contributed by atoms with Crippen LogP contribution in [0.25, 0.3) is 0 Å². The number of thiophene rings is 1. The topological polar surface area (TPSA) is 94.0 Å². The van der Waals surface area contributed by atoms with Crippen molar-refractivity contribution in [1.82, 2.24) is 9.88 Å². The Hall–Kier alpha value is -2.45. The molecule has 1 atom stereocenters. The van der Waals surface area contributed by atoms with Crippen LogP contribution >= 0.6 is 11.3 Å². The summed E-state index contributed by atoms with van der Waals surface area (Å²) < 4.78 is 0. The first-order valence-electron chi connectivity index (χ1n) is 9.88. The number of aromatic nitrogens is 1. The Kier molecular flexibility index (Phi) is 5.56. The largest absolute Gasteiger partial charge is 0.477 e. The number of pyridine rings is 1. The summed E-state index contributed by atoms with van der Waals surface area (Å²) in [5.41, 5.74) is -0.0508. The molecule has 0 saturated carbocycles. The van der Waals surface area contributed by atoms with Gasteiger partial charge in [0.2, 0.25) is 5.91 Å². The fraction of sp³-hybridized carbons (Fsp3) is 0.476. The van der Waals surface area contributed by atoms with Crippen LogP contribution < -0.4 is 4.90 Å². The van der Waals surface area contributed by atoms with Crippen LogP contribution in [0.1, 0.15) is 34.6 Å². The number of hydrogen-bond donors (Lipinski definition) is 2. The SMILES string of the molecule is O=C(O)c1cccc(N2CCC3(CC2)CC(O)CN(C(=O)Cc2cccs2)C3)n1. The smallest absolute Gasteiger partial charge is 0.354 e. The summed E-state index contributed by atoms with van der Waals surface area (Å²) in [6.45, 7) is 2.54. The van der Waals surface area contributed by atoms with Crippen molar-refractivity contribution in [3.63, 3.8) is 0 Å². The van der Waals surface area contributed by atoms with Crippen LogP contribution in [0.5, 0.6) is 0 Å². The minimum absolute atomic E-state index is 0.0428. The van der Waals surface area contributed by atoms with E-state index in [0.29, 0.717) is 31.7 Å². The number of aliphatic hydroxyl groups excluding tert-OH is 1. The third-order valence-electron chi connectivity index (χ3n) is 5.99. The molecule has 1 amide bonds. The first kappa shape index (κ1) is 19.8. The summed E-state index contributed by atoms with van der Waals surface area (Å²) in [4.78, 5) is 33.2. The second-order valence-electron chi connectivity index (χ2n) is 8.06. The van der Waals surface area contributed by atoms with E-state index in [4.69, 9.17) is 5.11 Å². The second-order valence-corrected chi connectivity index (χ2v) is 9.09. The lowest BCUT2D eigenvalue weighted by Crippen LogP contribution is -2.55. The number of aromatic carboxylic acids is 1. The number of carboxylic acids is 1. The van der Waals surface area contributed by atoms with E-state index in [0.717, 1.165) is 30.8 Å². The molecule has 4 rings (SSSR count). The first-order valence-corrected chi connectivity index (χ1v) is 10.8. The van der Waals surface area contributed by atoms with Crippen LogP contribution in [-0.4, -0.2) is 64.3 Å². The zero-order valence-electron chi connectivity index (χ0n) is 16.2. The predicted molar refractivity (Wildman–Crippen MR) is 110 cm³/mol. The number of carbonyl (C=O) groups is 2. The highest BCUT2D eigenvalue weighted by Gasteiger charge is 2.43. The summed E-state index contributed by atoms with van der Waals surface area (Å²) in [6, 6.07) is 8.95. The second kappa shape index (κ2) is 8.12. The molecule has 154 valence electrons. The van der Waals surface area contributed by atoms with Crippen LogP contribution in [-0.2, 0) is 11.2 Å². The van der Waals surface area contributed by atoms with Gasteiger partial charge in [0.25, 0.3) is 0 Å². The lowest BCUT2D eigenvalue weighted by Gasteiger charge is -2.49. The zero-order chi connectivity index (χ0) is 20.4. The first-order chi connectivity index (χ1) is 13.9. The Morgan fingerprint density at radius 1 is 1.21 bits per heavy atom. The minimum Gasteiger partial charge on any atom is -0.477 e. The third kappa shape index (κ3) is 4.43. The number of carbonyl (C=O) groups excluding carboxylic acids is 1. The van der Waals surface area contributed by atoms with Gasteiger partial charge >= 0.3 is 5.97 Å². The number of amides is 1. The Bertz CT molecular complexity index is 878. The van der Waals surface area contributed by atoms with Gasteiger partial charge in [-0.2, -0.15) is 0 Å². The van der Waals surface area contributed by atoms with Gasteiger partial charge < -0.3 is 20.0 Å². The van der Waals surface area contributed by atoms with Gasteiger partial charge in [-0.25, -0.2) is 9.78 Å². The molecule has 2 aliphatic heterocycles. The number of likely N-dealkylation sites (tertiary alicyclic amines) is 1. The van der Waals surface area contributed by atoms with Crippen molar-refractivity contribution in [2.75, 3.05) is 31.1 Å². The lowest BCUT2D eigenvalue weighted by atomic mass is 9.71. The fourth-order valence-corrected chi connectivity index (χ4v) is 5.20. The molecule has 1 spiro atoms. The Balaban J connectivity index is 1.42. The maximum Gasteiger partial charge on any atom is 0.354 e. The molecule has 1 unspecified atom stereocenters. The molecule has 2 aromatic rings. The normalized spacial score (nSPS) is 21.3. The fourth-order valence-electron chi connectivity index (χ4n) is 4.51. The van der Waals surface area contributed by atoms with Gasteiger partial charge in [-0.15, -0.1) is 11.3 Å². The lowest BCUT2D eigenvalue weighted by molar-refractivity contribution is -0.138. The average molecular weight is 416 g/mol. The standard InChI is InChI=1S/C21H25N3O4S/c25-15-12-21(14-24(13-15)19(26)11-16-3-2-10-29-16)6-8-23(9-7-21)18-5-1-4-17(22-18)20(27)28/h1-5,10,15,25H,6-9,11-14H2,(H,27,28). The molecule has 8 heteroatoms. The van der Waals surface area contributed by atoms with Crippen molar-refractivity contribution in [2.24, 2.45) is 5.41 Å². The van der Waals surface area contributed by atoms with Crippen molar-refractivity contribution >= 4 is 29.0 Å². The van der Waals surface area contributed by atoms with Gasteiger partial charge in [0.05, 0.1) is 12.5 Å². The molecular weight excluding hydrogens is 390 g/mol. The van der Waals surface area contributed by atoms with Crippen LogP contribution in [0.3, 0.4) is 0 Å². The number of rotatable bonds is 4. The van der Waals surface area contributed by atoms with E-state index in [2.05, 4.69) is 9.88 Å². The summed E-state index contributed by atoms with van der Waals surface area (Å²) >= 11 is 1.58. The van der Waals surface area contributed by atoms with Crippen molar-refractivity contribution < 1.29 is 19.8 Å². The molecule has 2 saturated heterocycles. The molecule has 4 heterocycles. The molecule has 2 aromatic heterocycles. The number of anilines is 1. The molecule has 2 aliphatic rings. The van der Waals surface area contributed by atoms with Crippen LogP contribution in [0.2, 0.25) is 0 Å². The quantitative estimate of drug-likeness (QED) is 0.796. The van der Waals surface area contributed by atoms with E-state index >= 15 is 0 Å². The molecule has 7 nitrogen and oxygen atoms in total. The minimum atomic E-state index is -1.03. The maximum absolute atomic E-state index is 12.8. The highest BCUT2D eigenvalue weighted by atomic mass is 32.1. The van der Waals surface area contributed by atoms with Crippen LogP contribution in [0.15, 0.2) is 35.7 Å². The molecule has 2 fully saturated rings. The molecule has 0 bridgehead atoms. The molecular formula is C21H25N3O4S. The third-order valence-corrected chi connectivity index (χ3v) is 6.86. The van der Waals surface area contributed by atoms with Crippen molar-refractivity contribution in [3.8, 4) is 0 Å². The van der Waals surface area contributed by atoms with Gasteiger partial charge in [0.1, 0.15) is 5.82 Å². The Morgan fingerprint density at radius 2 is 2.00 bits per heavy atom. The highest BCUT2D eigenvalue weighted by molar-refractivity contribution is 7.10. The van der Waals surface area contributed by atoms with Crippen LogP contribution in [0, 0.1) is 5.41 Å². The van der Waals surface area contributed by atoms with Gasteiger partial charge in [-0.1, -0.05) is 12.1 Å². The highest BCUT2D eigenvalue weighted by Crippen LogP contribution is 2.41.